The van der Waals surface area contributed by atoms with Gasteiger partial charge in [0.25, 0.3) is 5.91 Å². The van der Waals surface area contributed by atoms with Crippen LogP contribution in [0.4, 0.5) is 18.9 Å². The van der Waals surface area contributed by atoms with Gasteiger partial charge in [-0.25, -0.2) is 0 Å². The molecule has 0 radical (unpaired) electrons. The third kappa shape index (κ3) is 6.53. The molecule has 2 aromatic carbocycles. The second-order valence-electron chi connectivity index (χ2n) is 5.95. The molecule has 2 rings (SSSR count). The molecule has 0 aliphatic carbocycles. The second-order valence-corrected chi connectivity index (χ2v) is 6.80. The topological polar surface area (TPSA) is 71.3 Å². The van der Waals surface area contributed by atoms with Crippen LogP contribution in [0.5, 0.6) is 11.5 Å². The predicted octanol–water partition coefficient (Wildman–Crippen LogP) is 5.42. The molecule has 160 valence electrons. The van der Waals surface area contributed by atoms with E-state index in [0.717, 1.165) is 18.2 Å². The zero-order chi connectivity index (χ0) is 23.0. The average Bonchev–Trinajstić information content (AvgIpc) is 2.72. The molecule has 0 bridgehead atoms. The maximum atomic E-state index is 12.9. The minimum atomic E-state index is -4.56. The lowest BCUT2D eigenvalue weighted by Gasteiger charge is -2.13. The maximum absolute atomic E-state index is 12.9. The molecule has 0 spiro atoms. The van der Waals surface area contributed by atoms with Crippen molar-refractivity contribution in [2.75, 3.05) is 18.5 Å². The molecule has 1 N–H and O–H groups in total. The van der Waals surface area contributed by atoms with Gasteiger partial charge in [-0.1, -0.05) is 27.9 Å². The number of carbonyl (C=O) groups excluding carboxylic acids is 1. The molecule has 5 nitrogen and oxygen atoms in total. The Labute approximate surface area is 185 Å². The molecule has 9 heteroatoms. The number of terminal acetylenes is 1. The van der Waals surface area contributed by atoms with Crippen molar-refractivity contribution in [2.24, 2.45) is 0 Å². The van der Waals surface area contributed by atoms with Crippen molar-refractivity contribution in [2.45, 2.75) is 13.1 Å². The second kappa shape index (κ2) is 10.6. The summed E-state index contributed by atoms with van der Waals surface area (Å²) in [7, 11) is 0. The van der Waals surface area contributed by atoms with Crippen LogP contribution >= 0.6 is 15.9 Å². The van der Waals surface area contributed by atoms with Crippen LogP contribution in [0.1, 0.15) is 18.1 Å². The summed E-state index contributed by atoms with van der Waals surface area (Å²) in [5.41, 5.74) is -0.905. The lowest BCUT2D eigenvalue weighted by atomic mass is 10.1. The summed E-state index contributed by atoms with van der Waals surface area (Å²) in [5.74, 6) is 2.20. The molecule has 0 saturated carbocycles. The molecule has 0 saturated heterocycles. The summed E-state index contributed by atoms with van der Waals surface area (Å²) in [6.07, 6.45) is 1.92. The van der Waals surface area contributed by atoms with E-state index in [1.165, 1.54) is 12.1 Å². The quantitative estimate of drug-likeness (QED) is 0.318. The first-order valence-corrected chi connectivity index (χ1v) is 9.62. The highest BCUT2D eigenvalue weighted by molar-refractivity contribution is 9.10. The molecule has 0 atom stereocenters. The van der Waals surface area contributed by atoms with Crippen LogP contribution in [0, 0.1) is 23.7 Å². The zero-order valence-corrected chi connectivity index (χ0v) is 17.8. The number of amides is 1. The number of benzene rings is 2. The highest BCUT2D eigenvalue weighted by Gasteiger charge is 2.30. The number of alkyl halides is 3. The van der Waals surface area contributed by atoms with Crippen molar-refractivity contribution < 1.29 is 27.4 Å². The number of ether oxygens (including phenoxy) is 2. The van der Waals surface area contributed by atoms with E-state index in [4.69, 9.17) is 15.9 Å². The minimum absolute atomic E-state index is 0.0184. The van der Waals surface area contributed by atoms with Gasteiger partial charge < -0.3 is 14.8 Å². The standard InChI is InChI=1S/C22H16BrF3N2O3/c1-3-8-31-20-12-18(23)14(10-19(20)30-4-2)9-15(13-27)21(29)28-17-7-5-6-16(11-17)22(24,25)26/h1,5-7,9-12H,4,8H2,2H3,(H,28,29)/b15-9-. The van der Waals surface area contributed by atoms with Gasteiger partial charge in [0.05, 0.1) is 12.2 Å². The molecule has 2 aromatic rings. The normalized spacial score (nSPS) is 11.3. The molecule has 0 unspecified atom stereocenters. The van der Waals surface area contributed by atoms with Crippen molar-refractivity contribution >= 4 is 33.6 Å². The van der Waals surface area contributed by atoms with E-state index in [1.54, 1.807) is 25.1 Å². The first-order chi connectivity index (χ1) is 14.7. The van der Waals surface area contributed by atoms with Crippen LogP contribution in [-0.2, 0) is 11.0 Å². The summed E-state index contributed by atoms with van der Waals surface area (Å²) in [4.78, 5) is 12.5. The fraction of sp³-hybridized carbons (Fsp3) is 0.182. The van der Waals surface area contributed by atoms with Crippen molar-refractivity contribution in [3.05, 3.63) is 57.6 Å². The molecule has 0 aliphatic rings. The van der Waals surface area contributed by atoms with Gasteiger partial charge in [0.15, 0.2) is 11.5 Å². The Balaban J connectivity index is 2.34. The van der Waals surface area contributed by atoms with Crippen LogP contribution in [0.3, 0.4) is 0 Å². The molecule has 0 fully saturated rings. The average molecular weight is 493 g/mol. The number of hydrogen-bond donors (Lipinski definition) is 1. The lowest BCUT2D eigenvalue weighted by molar-refractivity contribution is -0.137. The van der Waals surface area contributed by atoms with Gasteiger partial charge in [-0.15, -0.1) is 6.42 Å². The summed E-state index contributed by atoms with van der Waals surface area (Å²) in [6, 6.07) is 9.00. The Bertz CT molecular complexity index is 1080. The zero-order valence-electron chi connectivity index (χ0n) is 16.2. The monoisotopic (exact) mass is 492 g/mol. The van der Waals surface area contributed by atoms with E-state index in [-0.39, 0.29) is 17.9 Å². The van der Waals surface area contributed by atoms with Crippen molar-refractivity contribution in [3.63, 3.8) is 0 Å². The van der Waals surface area contributed by atoms with Crippen LogP contribution in [0.2, 0.25) is 0 Å². The Morgan fingerprint density at radius 2 is 1.97 bits per heavy atom. The van der Waals surface area contributed by atoms with Gasteiger partial charge in [0, 0.05) is 10.2 Å². The summed E-state index contributed by atoms with van der Waals surface area (Å²) >= 11 is 3.33. The Hall–Kier alpha value is -3.43. The number of rotatable bonds is 7. The molecule has 0 heterocycles. The predicted molar refractivity (Wildman–Crippen MR) is 113 cm³/mol. The van der Waals surface area contributed by atoms with E-state index in [9.17, 15) is 23.2 Å². The van der Waals surface area contributed by atoms with Gasteiger partial charge in [0.2, 0.25) is 0 Å². The maximum Gasteiger partial charge on any atom is 0.416 e. The summed E-state index contributed by atoms with van der Waals surface area (Å²) in [5, 5.41) is 11.7. The highest BCUT2D eigenvalue weighted by atomic mass is 79.9. The number of nitrogens with zero attached hydrogens (tertiary/aromatic N) is 1. The van der Waals surface area contributed by atoms with Gasteiger partial charge >= 0.3 is 6.18 Å². The third-order valence-electron chi connectivity index (χ3n) is 3.79. The van der Waals surface area contributed by atoms with E-state index in [2.05, 4.69) is 27.2 Å². The van der Waals surface area contributed by atoms with E-state index >= 15 is 0 Å². The van der Waals surface area contributed by atoms with Crippen molar-refractivity contribution in [3.8, 4) is 29.9 Å². The SMILES string of the molecule is C#CCOc1cc(Br)c(/C=C(/C#N)C(=O)Nc2cccc(C(F)(F)F)c2)cc1OCC. The fourth-order valence-corrected chi connectivity index (χ4v) is 2.87. The first-order valence-electron chi connectivity index (χ1n) is 8.82. The van der Waals surface area contributed by atoms with Crippen LogP contribution in [0.15, 0.2) is 46.4 Å². The summed E-state index contributed by atoms with van der Waals surface area (Å²) in [6.45, 7) is 2.12. The molecule has 0 aromatic heterocycles. The fourth-order valence-electron chi connectivity index (χ4n) is 2.44. The third-order valence-corrected chi connectivity index (χ3v) is 4.47. The summed E-state index contributed by atoms with van der Waals surface area (Å²) < 4.78 is 50.0. The Morgan fingerprint density at radius 1 is 1.26 bits per heavy atom. The smallest absolute Gasteiger partial charge is 0.416 e. The van der Waals surface area contributed by atoms with Gasteiger partial charge in [0.1, 0.15) is 18.2 Å². The molecule has 0 aliphatic heterocycles. The lowest BCUT2D eigenvalue weighted by Crippen LogP contribution is -2.14. The first kappa shape index (κ1) is 23.8. The molecular formula is C22H16BrF3N2O3. The number of nitriles is 1. The van der Waals surface area contributed by atoms with Crippen LogP contribution in [-0.4, -0.2) is 19.1 Å². The Morgan fingerprint density at radius 3 is 2.58 bits per heavy atom. The van der Waals surface area contributed by atoms with Gasteiger partial charge in [-0.3, -0.25) is 4.79 Å². The highest BCUT2D eigenvalue weighted by Crippen LogP contribution is 2.35. The van der Waals surface area contributed by atoms with Crippen molar-refractivity contribution in [1.29, 1.82) is 5.26 Å². The van der Waals surface area contributed by atoms with E-state index in [1.807, 2.05) is 0 Å². The number of hydrogen-bond acceptors (Lipinski definition) is 4. The van der Waals surface area contributed by atoms with Crippen molar-refractivity contribution in [1.82, 2.24) is 0 Å². The van der Waals surface area contributed by atoms with Gasteiger partial charge in [-0.05, 0) is 48.9 Å². The molecule has 31 heavy (non-hydrogen) atoms. The number of anilines is 1. The molecule has 1 amide bonds. The van der Waals surface area contributed by atoms with Crippen LogP contribution < -0.4 is 14.8 Å². The van der Waals surface area contributed by atoms with Crippen LogP contribution in [0.25, 0.3) is 6.08 Å². The Kier molecular flexibility index (Phi) is 8.12. The largest absolute Gasteiger partial charge is 0.490 e. The van der Waals surface area contributed by atoms with E-state index < -0.39 is 17.6 Å². The number of nitrogens with one attached hydrogen (secondary N) is 1. The van der Waals surface area contributed by atoms with E-state index in [0.29, 0.717) is 28.1 Å². The number of halogens is 4. The minimum Gasteiger partial charge on any atom is -0.490 e. The number of carbonyl (C=O) groups is 1. The molecular weight excluding hydrogens is 477 g/mol. The van der Waals surface area contributed by atoms with Gasteiger partial charge in [-0.2, -0.15) is 18.4 Å².